The van der Waals surface area contributed by atoms with E-state index in [9.17, 15) is 0 Å². The molecule has 0 aliphatic carbocycles. The maximum Gasteiger partial charge on any atom is 0.145 e. The SMILES string of the molecule is CN=C(C)CC=NC(C)OC(C)CO. The highest BCUT2D eigenvalue weighted by molar-refractivity contribution is 5.93. The monoisotopic (exact) mass is 200 g/mol. The lowest BCUT2D eigenvalue weighted by atomic mass is 10.3. The summed E-state index contributed by atoms with van der Waals surface area (Å²) in [5.41, 5.74) is 1.04. The summed E-state index contributed by atoms with van der Waals surface area (Å²) in [6, 6.07) is 0. The number of hydrogen-bond acceptors (Lipinski definition) is 4. The van der Waals surface area contributed by atoms with Gasteiger partial charge in [-0.3, -0.25) is 9.98 Å². The van der Waals surface area contributed by atoms with E-state index in [2.05, 4.69) is 9.98 Å². The molecule has 0 rings (SSSR count). The van der Waals surface area contributed by atoms with E-state index in [-0.39, 0.29) is 18.9 Å². The molecule has 2 atom stereocenters. The number of rotatable bonds is 6. The number of ether oxygens (including phenoxy) is 1. The van der Waals surface area contributed by atoms with Gasteiger partial charge in [-0.2, -0.15) is 0 Å². The minimum Gasteiger partial charge on any atom is -0.394 e. The molecular formula is C10H20N2O2. The fourth-order valence-corrected chi connectivity index (χ4v) is 0.839. The summed E-state index contributed by atoms with van der Waals surface area (Å²) in [5, 5.41) is 8.74. The van der Waals surface area contributed by atoms with Gasteiger partial charge >= 0.3 is 0 Å². The molecule has 0 radical (unpaired) electrons. The van der Waals surface area contributed by atoms with Gasteiger partial charge in [0.1, 0.15) is 6.23 Å². The summed E-state index contributed by atoms with van der Waals surface area (Å²) < 4.78 is 5.33. The van der Waals surface area contributed by atoms with Crippen LogP contribution in [0.25, 0.3) is 0 Å². The number of hydrogen-bond donors (Lipinski definition) is 1. The van der Waals surface area contributed by atoms with Gasteiger partial charge in [0.05, 0.1) is 12.7 Å². The maximum absolute atomic E-state index is 8.74. The molecule has 14 heavy (non-hydrogen) atoms. The van der Waals surface area contributed by atoms with E-state index >= 15 is 0 Å². The molecule has 0 saturated carbocycles. The van der Waals surface area contributed by atoms with Gasteiger partial charge in [-0.05, 0) is 20.8 Å². The van der Waals surface area contributed by atoms with Crippen LogP contribution in [0.5, 0.6) is 0 Å². The van der Waals surface area contributed by atoms with Crippen LogP contribution in [-0.2, 0) is 4.74 Å². The zero-order valence-corrected chi connectivity index (χ0v) is 9.40. The van der Waals surface area contributed by atoms with Gasteiger partial charge in [0.2, 0.25) is 0 Å². The molecule has 2 unspecified atom stereocenters. The molecule has 0 heterocycles. The van der Waals surface area contributed by atoms with Crippen LogP contribution in [0, 0.1) is 0 Å². The standard InChI is InChI=1S/C10H20N2O2/c1-8(11-4)5-6-12-10(3)14-9(2)7-13/h6,9-10,13H,5,7H2,1-4H3. The molecular weight excluding hydrogens is 180 g/mol. The predicted octanol–water partition coefficient (Wildman–Crippen LogP) is 1.28. The Morgan fingerprint density at radius 1 is 1.50 bits per heavy atom. The van der Waals surface area contributed by atoms with Gasteiger partial charge in [-0.1, -0.05) is 0 Å². The molecule has 0 saturated heterocycles. The molecule has 0 aliphatic rings. The van der Waals surface area contributed by atoms with Crippen molar-refractivity contribution in [1.82, 2.24) is 0 Å². The Morgan fingerprint density at radius 2 is 2.14 bits per heavy atom. The minimum atomic E-state index is -0.207. The van der Waals surface area contributed by atoms with E-state index in [4.69, 9.17) is 9.84 Å². The van der Waals surface area contributed by atoms with E-state index in [1.807, 2.05) is 20.8 Å². The number of nitrogens with zero attached hydrogens (tertiary/aromatic N) is 2. The van der Waals surface area contributed by atoms with Crippen molar-refractivity contribution in [2.45, 2.75) is 39.5 Å². The third-order valence-electron chi connectivity index (χ3n) is 1.77. The van der Waals surface area contributed by atoms with Crippen molar-refractivity contribution in [3.05, 3.63) is 0 Å². The van der Waals surface area contributed by atoms with Crippen LogP contribution in [0.2, 0.25) is 0 Å². The van der Waals surface area contributed by atoms with Crippen molar-refractivity contribution in [2.24, 2.45) is 9.98 Å². The first-order valence-electron chi connectivity index (χ1n) is 4.80. The molecule has 4 nitrogen and oxygen atoms in total. The Balaban J connectivity index is 3.76. The molecule has 0 fully saturated rings. The highest BCUT2D eigenvalue weighted by Crippen LogP contribution is 1.98. The van der Waals surface area contributed by atoms with E-state index in [0.717, 1.165) is 12.1 Å². The first-order valence-corrected chi connectivity index (χ1v) is 4.80. The summed E-state index contributed by atoms with van der Waals surface area (Å²) in [6.07, 6.45) is 2.17. The quantitative estimate of drug-likeness (QED) is 0.657. The van der Waals surface area contributed by atoms with E-state index in [0.29, 0.717) is 0 Å². The number of aliphatic hydroxyl groups is 1. The van der Waals surface area contributed by atoms with Crippen molar-refractivity contribution in [2.75, 3.05) is 13.7 Å². The van der Waals surface area contributed by atoms with Gasteiger partial charge < -0.3 is 9.84 Å². The summed E-state index contributed by atoms with van der Waals surface area (Å²) in [7, 11) is 1.76. The lowest BCUT2D eigenvalue weighted by Gasteiger charge is -2.13. The average Bonchev–Trinajstić information content (AvgIpc) is 2.17. The molecule has 0 aromatic heterocycles. The summed E-state index contributed by atoms with van der Waals surface area (Å²) in [4.78, 5) is 8.17. The molecule has 82 valence electrons. The maximum atomic E-state index is 8.74. The normalized spacial score (nSPS) is 17.4. The van der Waals surface area contributed by atoms with Gasteiger partial charge in [-0.25, -0.2) is 0 Å². The van der Waals surface area contributed by atoms with Gasteiger partial charge in [0.15, 0.2) is 0 Å². The second-order valence-corrected chi connectivity index (χ2v) is 3.22. The molecule has 0 aromatic rings. The second-order valence-electron chi connectivity index (χ2n) is 3.22. The lowest BCUT2D eigenvalue weighted by molar-refractivity contribution is -0.0161. The number of aliphatic hydroxyl groups excluding tert-OH is 1. The first-order chi connectivity index (χ1) is 6.60. The Bertz CT molecular complexity index is 202. The van der Waals surface area contributed by atoms with Crippen LogP contribution in [0.3, 0.4) is 0 Å². The third kappa shape index (κ3) is 6.74. The summed E-state index contributed by atoms with van der Waals surface area (Å²) in [6.45, 7) is 5.63. The Labute approximate surface area is 85.7 Å². The van der Waals surface area contributed by atoms with Gasteiger partial charge in [0, 0.05) is 25.4 Å². The van der Waals surface area contributed by atoms with Gasteiger partial charge in [-0.15, -0.1) is 0 Å². The van der Waals surface area contributed by atoms with Crippen molar-refractivity contribution in [1.29, 1.82) is 0 Å². The Morgan fingerprint density at radius 3 is 2.64 bits per heavy atom. The highest BCUT2D eigenvalue weighted by Gasteiger charge is 2.04. The molecule has 0 aromatic carbocycles. The Kier molecular flexibility index (Phi) is 7.24. The highest BCUT2D eigenvalue weighted by atomic mass is 16.5. The van der Waals surface area contributed by atoms with Crippen LogP contribution in [-0.4, -0.2) is 43.0 Å². The molecule has 1 N–H and O–H groups in total. The first kappa shape index (κ1) is 13.3. The molecule has 0 bridgehead atoms. The fourth-order valence-electron chi connectivity index (χ4n) is 0.839. The van der Waals surface area contributed by atoms with Gasteiger partial charge in [0.25, 0.3) is 0 Å². The van der Waals surface area contributed by atoms with Crippen LogP contribution in [0.4, 0.5) is 0 Å². The molecule has 0 spiro atoms. The Hall–Kier alpha value is -0.740. The largest absolute Gasteiger partial charge is 0.394 e. The van der Waals surface area contributed by atoms with Crippen LogP contribution >= 0.6 is 0 Å². The lowest BCUT2D eigenvalue weighted by Crippen LogP contribution is -2.18. The third-order valence-corrected chi connectivity index (χ3v) is 1.77. The van der Waals surface area contributed by atoms with Crippen LogP contribution < -0.4 is 0 Å². The topological polar surface area (TPSA) is 54.2 Å². The van der Waals surface area contributed by atoms with Crippen molar-refractivity contribution in [3.8, 4) is 0 Å². The van der Waals surface area contributed by atoms with E-state index in [1.165, 1.54) is 0 Å². The second kappa shape index (κ2) is 7.64. The van der Waals surface area contributed by atoms with Crippen molar-refractivity contribution >= 4 is 11.9 Å². The average molecular weight is 200 g/mol. The summed E-state index contributed by atoms with van der Waals surface area (Å²) >= 11 is 0. The molecule has 0 aliphatic heterocycles. The minimum absolute atomic E-state index is 0.0231. The van der Waals surface area contributed by atoms with Crippen LogP contribution in [0.1, 0.15) is 27.2 Å². The molecule has 0 amide bonds. The number of aliphatic imine (C=N–C) groups is 2. The zero-order chi connectivity index (χ0) is 11.0. The predicted molar refractivity (Wildman–Crippen MR) is 59.2 cm³/mol. The summed E-state index contributed by atoms with van der Waals surface area (Å²) in [5.74, 6) is 0. The van der Waals surface area contributed by atoms with E-state index < -0.39 is 0 Å². The van der Waals surface area contributed by atoms with E-state index in [1.54, 1.807) is 13.3 Å². The fraction of sp³-hybridized carbons (Fsp3) is 0.800. The smallest absolute Gasteiger partial charge is 0.145 e. The molecule has 4 heteroatoms. The van der Waals surface area contributed by atoms with Crippen LogP contribution in [0.15, 0.2) is 9.98 Å². The van der Waals surface area contributed by atoms with Crippen molar-refractivity contribution in [3.63, 3.8) is 0 Å². The van der Waals surface area contributed by atoms with Crippen molar-refractivity contribution < 1.29 is 9.84 Å². The zero-order valence-electron chi connectivity index (χ0n) is 9.40.